The second-order valence-electron chi connectivity index (χ2n) is 8.95. The highest BCUT2D eigenvalue weighted by Crippen LogP contribution is 2.29. The van der Waals surface area contributed by atoms with Crippen LogP contribution in [0.4, 0.5) is 4.79 Å². The first-order chi connectivity index (χ1) is 14.5. The van der Waals surface area contributed by atoms with Crippen molar-refractivity contribution in [3.05, 3.63) is 35.9 Å². The molecule has 1 aliphatic rings. The molecule has 0 aliphatic carbocycles. The lowest BCUT2D eigenvalue weighted by Crippen LogP contribution is -2.54. The van der Waals surface area contributed by atoms with E-state index in [1.165, 1.54) is 0 Å². The van der Waals surface area contributed by atoms with Gasteiger partial charge in [0, 0.05) is 0 Å². The van der Waals surface area contributed by atoms with E-state index in [0.717, 1.165) is 5.56 Å². The Morgan fingerprint density at radius 1 is 1.10 bits per heavy atom. The Labute approximate surface area is 184 Å². The number of amides is 2. The summed E-state index contributed by atoms with van der Waals surface area (Å²) in [5.74, 6) is -0.974. The lowest BCUT2D eigenvalue weighted by atomic mass is 9.99. The second-order valence-corrected chi connectivity index (χ2v) is 8.95. The molecule has 0 spiro atoms. The summed E-state index contributed by atoms with van der Waals surface area (Å²) in [6, 6.07) is 8.36. The number of rotatable bonds is 9. The summed E-state index contributed by atoms with van der Waals surface area (Å²) in [5.41, 5.74) is 0.319. The lowest BCUT2D eigenvalue weighted by Gasteiger charge is -2.27. The maximum atomic E-state index is 13.1. The first-order valence-electron chi connectivity index (χ1n) is 10.7. The minimum atomic E-state index is -0.798. The molecule has 2 rings (SSSR count). The number of benzene rings is 1. The van der Waals surface area contributed by atoms with Gasteiger partial charge >= 0.3 is 12.1 Å². The molecule has 0 bridgehead atoms. The van der Waals surface area contributed by atoms with Crippen molar-refractivity contribution >= 4 is 18.0 Å². The normalized spacial score (nSPS) is 19.8. The number of epoxide rings is 1. The van der Waals surface area contributed by atoms with Gasteiger partial charge in [0.05, 0.1) is 12.6 Å². The zero-order chi connectivity index (χ0) is 23.2. The SMILES string of the molecule is CCOC(=O)C1OC1[C@H](Cc1ccccc1)NC(=O)[C@@H](NC(=O)OC(C)(C)C)C(C)C. The van der Waals surface area contributed by atoms with Crippen molar-refractivity contribution in [3.8, 4) is 0 Å². The van der Waals surface area contributed by atoms with Crippen molar-refractivity contribution in [1.82, 2.24) is 10.6 Å². The van der Waals surface area contributed by atoms with Crippen LogP contribution >= 0.6 is 0 Å². The fraction of sp³-hybridized carbons (Fsp3) is 0.609. The van der Waals surface area contributed by atoms with Gasteiger partial charge in [-0.2, -0.15) is 0 Å². The van der Waals surface area contributed by atoms with Gasteiger partial charge in [-0.15, -0.1) is 0 Å². The highest BCUT2D eigenvalue weighted by atomic mass is 16.6. The molecule has 2 unspecified atom stereocenters. The fourth-order valence-electron chi connectivity index (χ4n) is 3.20. The van der Waals surface area contributed by atoms with Gasteiger partial charge in [-0.1, -0.05) is 44.2 Å². The molecule has 0 radical (unpaired) electrons. The predicted octanol–water partition coefficient (Wildman–Crippen LogP) is 2.59. The summed E-state index contributed by atoms with van der Waals surface area (Å²) < 4.78 is 15.9. The molecule has 1 aliphatic heterocycles. The molecule has 31 heavy (non-hydrogen) atoms. The molecule has 1 heterocycles. The summed E-state index contributed by atoms with van der Waals surface area (Å²) in [5, 5.41) is 5.61. The minimum absolute atomic E-state index is 0.175. The van der Waals surface area contributed by atoms with Gasteiger partial charge < -0.3 is 24.8 Å². The Morgan fingerprint density at radius 3 is 2.29 bits per heavy atom. The molecular formula is C23H34N2O6. The van der Waals surface area contributed by atoms with Gasteiger partial charge in [-0.3, -0.25) is 4.79 Å². The van der Waals surface area contributed by atoms with Crippen LogP contribution < -0.4 is 10.6 Å². The number of esters is 1. The third-order valence-electron chi connectivity index (χ3n) is 4.69. The predicted molar refractivity (Wildman–Crippen MR) is 115 cm³/mol. The van der Waals surface area contributed by atoms with Crippen LogP contribution in [0.2, 0.25) is 0 Å². The number of ether oxygens (including phenoxy) is 3. The molecule has 8 nitrogen and oxygen atoms in total. The van der Waals surface area contributed by atoms with Crippen molar-refractivity contribution < 1.29 is 28.6 Å². The van der Waals surface area contributed by atoms with Crippen molar-refractivity contribution in [1.29, 1.82) is 0 Å². The van der Waals surface area contributed by atoms with Gasteiger partial charge in [-0.25, -0.2) is 9.59 Å². The quantitative estimate of drug-likeness (QED) is 0.457. The largest absolute Gasteiger partial charge is 0.464 e. The number of carbonyl (C=O) groups is 3. The molecule has 1 fully saturated rings. The summed E-state index contributed by atoms with van der Waals surface area (Å²) in [6.45, 7) is 10.9. The topological polar surface area (TPSA) is 106 Å². The molecule has 0 aromatic heterocycles. The van der Waals surface area contributed by atoms with E-state index in [1.807, 2.05) is 44.2 Å². The third kappa shape index (κ3) is 7.86. The van der Waals surface area contributed by atoms with E-state index in [2.05, 4.69) is 10.6 Å². The Kier molecular flexibility index (Phi) is 8.44. The minimum Gasteiger partial charge on any atom is -0.464 e. The first kappa shape index (κ1) is 24.7. The molecule has 172 valence electrons. The molecule has 4 atom stereocenters. The van der Waals surface area contributed by atoms with Crippen LogP contribution in [0.15, 0.2) is 30.3 Å². The summed E-state index contributed by atoms with van der Waals surface area (Å²) >= 11 is 0. The van der Waals surface area contributed by atoms with Crippen molar-refractivity contribution in [2.24, 2.45) is 5.92 Å². The zero-order valence-corrected chi connectivity index (χ0v) is 19.1. The highest BCUT2D eigenvalue weighted by molar-refractivity contribution is 5.86. The average molecular weight is 435 g/mol. The van der Waals surface area contributed by atoms with Gasteiger partial charge in [-0.05, 0) is 45.6 Å². The Morgan fingerprint density at radius 2 is 1.74 bits per heavy atom. The highest BCUT2D eigenvalue weighted by Gasteiger charge is 2.51. The van der Waals surface area contributed by atoms with Crippen LogP contribution in [0.5, 0.6) is 0 Å². The van der Waals surface area contributed by atoms with E-state index in [1.54, 1.807) is 27.7 Å². The third-order valence-corrected chi connectivity index (χ3v) is 4.69. The number of carbonyl (C=O) groups excluding carboxylic acids is 3. The Bertz CT molecular complexity index is 759. The van der Waals surface area contributed by atoms with E-state index < -0.39 is 42.0 Å². The average Bonchev–Trinajstić information content (AvgIpc) is 3.46. The molecule has 1 aromatic rings. The molecule has 1 aromatic carbocycles. The lowest BCUT2D eigenvalue weighted by molar-refractivity contribution is -0.144. The van der Waals surface area contributed by atoms with Crippen molar-refractivity contribution in [2.45, 2.75) is 77.9 Å². The van der Waals surface area contributed by atoms with E-state index in [4.69, 9.17) is 14.2 Å². The van der Waals surface area contributed by atoms with Gasteiger partial charge in [0.15, 0.2) is 6.10 Å². The van der Waals surface area contributed by atoms with Crippen molar-refractivity contribution in [3.63, 3.8) is 0 Å². The second kappa shape index (κ2) is 10.6. The van der Waals surface area contributed by atoms with Crippen molar-refractivity contribution in [2.75, 3.05) is 6.61 Å². The smallest absolute Gasteiger partial charge is 0.408 e. The van der Waals surface area contributed by atoms with Gasteiger partial charge in [0.2, 0.25) is 5.91 Å². The number of nitrogens with one attached hydrogen (secondary N) is 2. The number of alkyl carbamates (subject to hydrolysis) is 1. The molecule has 8 heteroatoms. The van der Waals surface area contributed by atoms with E-state index in [0.29, 0.717) is 6.42 Å². The van der Waals surface area contributed by atoms with Crippen LogP contribution in [0.1, 0.15) is 47.1 Å². The Balaban J connectivity index is 2.11. The van der Waals surface area contributed by atoms with Crippen LogP contribution in [0, 0.1) is 5.92 Å². The van der Waals surface area contributed by atoms with E-state index in [9.17, 15) is 14.4 Å². The maximum Gasteiger partial charge on any atom is 0.408 e. The maximum absolute atomic E-state index is 13.1. The molecule has 1 saturated heterocycles. The van der Waals surface area contributed by atoms with Crippen LogP contribution in [0.25, 0.3) is 0 Å². The summed E-state index contributed by atoms with van der Waals surface area (Å²) in [4.78, 5) is 37.3. The zero-order valence-electron chi connectivity index (χ0n) is 19.1. The molecule has 2 amide bonds. The monoisotopic (exact) mass is 434 g/mol. The van der Waals surface area contributed by atoms with Gasteiger partial charge in [0.1, 0.15) is 17.7 Å². The molecule has 0 saturated carbocycles. The van der Waals surface area contributed by atoms with Crippen LogP contribution in [0.3, 0.4) is 0 Å². The van der Waals surface area contributed by atoms with Crippen LogP contribution in [-0.4, -0.2) is 54.5 Å². The van der Waals surface area contributed by atoms with Gasteiger partial charge in [0.25, 0.3) is 0 Å². The first-order valence-corrected chi connectivity index (χ1v) is 10.7. The van der Waals surface area contributed by atoms with E-state index >= 15 is 0 Å². The molecule has 2 N–H and O–H groups in total. The number of hydrogen-bond acceptors (Lipinski definition) is 6. The fourth-order valence-corrected chi connectivity index (χ4v) is 3.20. The molecular weight excluding hydrogens is 400 g/mol. The summed E-state index contributed by atoms with van der Waals surface area (Å²) in [7, 11) is 0. The standard InChI is InChI=1S/C23H34N2O6/c1-7-29-21(27)19-18(30-19)16(13-15-11-9-8-10-12-15)24-20(26)17(14(2)3)25-22(28)31-23(4,5)6/h8-12,14,16-19H,7,13H2,1-6H3,(H,24,26)(H,25,28)/t16-,17-,18?,19?/m0/s1. The van der Waals surface area contributed by atoms with Crippen LogP contribution in [-0.2, 0) is 30.2 Å². The number of hydrogen-bond donors (Lipinski definition) is 2. The van der Waals surface area contributed by atoms with E-state index in [-0.39, 0.29) is 18.4 Å². The summed E-state index contributed by atoms with van der Waals surface area (Å²) in [6.07, 6.45) is -1.37. The Hall–Kier alpha value is -2.61.